The lowest BCUT2D eigenvalue weighted by molar-refractivity contribution is -0.129. The molecule has 0 bridgehead atoms. The molecule has 3 nitrogen and oxygen atoms in total. The molecule has 1 aromatic carbocycles. The molecule has 19 heavy (non-hydrogen) atoms. The number of benzene rings is 1. The van der Waals surface area contributed by atoms with Gasteiger partial charge in [0.25, 0.3) is 0 Å². The van der Waals surface area contributed by atoms with E-state index in [0.29, 0.717) is 0 Å². The number of aryl methyl sites for hydroxylation is 1. The first kappa shape index (κ1) is 14.4. The summed E-state index contributed by atoms with van der Waals surface area (Å²) in [7, 11) is 4.08. The van der Waals surface area contributed by atoms with E-state index < -0.39 is 0 Å². The molecule has 1 saturated heterocycles. The van der Waals surface area contributed by atoms with E-state index in [2.05, 4.69) is 36.1 Å². The van der Waals surface area contributed by atoms with Gasteiger partial charge >= 0.3 is 0 Å². The van der Waals surface area contributed by atoms with E-state index in [1.807, 2.05) is 25.9 Å². The van der Waals surface area contributed by atoms with Crippen molar-refractivity contribution >= 4 is 17.7 Å². The van der Waals surface area contributed by atoms with E-state index >= 15 is 0 Å². The van der Waals surface area contributed by atoms with Crippen LogP contribution in [0.25, 0.3) is 0 Å². The summed E-state index contributed by atoms with van der Waals surface area (Å²) in [5.74, 6) is 0.262. The maximum atomic E-state index is 12.3. The van der Waals surface area contributed by atoms with Gasteiger partial charge in [-0.2, -0.15) is 0 Å². The smallest absolute Gasteiger partial charge is 0.236 e. The van der Waals surface area contributed by atoms with Crippen molar-refractivity contribution in [3.8, 4) is 0 Å². The van der Waals surface area contributed by atoms with Gasteiger partial charge in [-0.05, 0) is 33.5 Å². The summed E-state index contributed by atoms with van der Waals surface area (Å²) in [6.07, 6.45) is 0. The second-order valence-corrected chi connectivity index (χ2v) is 6.81. The molecule has 0 saturated carbocycles. The third-order valence-corrected chi connectivity index (χ3v) is 4.76. The van der Waals surface area contributed by atoms with Crippen molar-refractivity contribution in [1.29, 1.82) is 0 Å². The lowest BCUT2D eigenvalue weighted by Gasteiger charge is -2.25. The molecule has 1 aliphatic rings. The Bertz CT molecular complexity index is 461. The van der Waals surface area contributed by atoms with Crippen LogP contribution in [0.1, 0.15) is 23.4 Å². The summed E-state index contributed by atoms with van der Waals surface area (Å²) in [5.41, 5.74) is 2.49. The minimum atomic E-state index is 0.0627. The zero-order chi connectivity index (χ0) is 14.0. The fourth-order valence-electron chi connectivity index (χ4n) is 2.29. The van der Waals surface area contributed by atoms with Crippen molar-refractivity contribution in [3.05, 3.63) is 35.4 Å². The van der Waals surface area contributed by atoms with Gasteiger partial charge in [0.1, 0.15) is 5.37 Å². The molecule has 0 spiro atoms. The molecule has 2 unspecified atom stereocenters. The lowest BCUT2D eigenvalue weighted by Crippen LogP contribution is -2.36. The maximum Gasteiger partial charge on any atom is 0.236 e. The van der Waals surface area contributed by atoms with Gasteiger partial charge in [0, 0.05) is 13.1 Å². The third-order valence-electron chi connectivity index (χ3n) is 3.36. The fourth-order valence-corrected chi connectivity index (χ4v) is 3.59. The zero-order valence-corrected chi connectivity index (χ0v) is 12.9. The van der Waals surface area contributed by atoms with Crippen LogP contribution >= 0.6 is 11.8 Å². The minimum Gasteiger partial charge on any atom is -0.324 e. The van der Waals surface area contributed by atoms with Crippen LogP contribution in [0.4, 0.5) is 0 Å². The van der Waals surface area contributed by atoms with Crippen molar-refractivity contribution in [2.24, 2.45) is 0 Å². The Morgan fingerprint density at radius 3 is 2.74 bits per heavy atom. The molecule has 2 rings (SSSR count). The summed E-state index contributed by atoms with van der Waals surface area (Å²) in [6, 6.07) is 8.48. The van der Waals surface area contributed by atoms with E-state index in [9.17, 15) is 4.79 Å². The van der Waals surface area contributed by atoms with Crippen molar-refractivity contribution in [2.45, 2.75) is 24.5 Å². The number of hydrogen-bond donors (Lipinski definition) is 0. The highest BCUT2D eigenvalue weighted by molar-refractivity contribution is 8.01. The quantitative estimate of drug-likeness (QED) is 0.845. The van der Waals surface area contributed by atoms with Gasteiger partial charge in [-0.3, -0.25) is 4.79 Å². The van der Waals surface area contributed by atoms with Crippen LogP contribution in [-0.4, -0.2) is 48.1 Å². The standard InChI is InChI=1S/C15H22N2OS/c1-11-6-5-7-13(10-11)15-17(9-8-16(3)4)14(18)12(2)19-15/h5-7,10,12,15H,8-9H2,1-4H3. The third kappa shape index (κ3) is 3.31. The molecule has 1 heterocycles. The Labute approximate surface area is 120 Å². The summed E-state index contributed by atoms with van der Waals surface area (Å²) < 4.78 is 0. The Kier molecular flexibility index (Phi) is 4.53. The van der Waals surface area contributed by atoms with Crippen molar-refractivity contribution in [1.82, 2.24) is 9.80 Å². The number of likely N-dealkylation sites (N-methyl/N-ethyl adjacent to an activating group) is 1. The highest BCUT2D eigenvalue weighted by Gasteiger charge is 2.38. The molecule has 1 aromatic rings. The molecular weight excluding hydrogens is 256 g/mol. The topological polar surface area (TPSA) is 23.6 Å². The van der Waals surface area contributed by atoms with Gasteiger partial charge in [0.05, 0.1) is 5.25 Å². The second kappa shape index (κ2) is 5.97. The molecule has 2 atom stereocenters. The molecule has 0 aromatic heterocycles. The molecule has 1 aliphatic heterocycles. The number of nitrogens with zero attached hydrogens (tertiary/aromatic N) is 2. The molecule has 4 heteroatoms. The Balaban J connectivity index is 2.19. The first-order valence-electron chi connectivity index (χ1n) is 6.66. The van der Waals surface area contributed by atoms with Crippen molar-refractivity contribution < 1.29 is 4.79 Å². The molecule has 0 N–H and O–H groups in total. The first-order chi connectivity index (χ1) is 8.99. The molecule has 1 fully saturated rings. The average Bonchev–Trinajstić information content (AvgIpc) is 2.63. The Hall–Kier alpha value is -1.00. The van der Waals surface area contributed by atoms with Gasteiger partial charge in [-0.25, -0.2) is 0 Å². The predicted octanol–water partition coefficient (Wildman–Crippen LogP) is 2.52. The van der Waals surface area contributed by atoms with E-state index in [0.717, 1.165) is 13.1 Å². The SMILES string of the molecule is Cc1cccc(C2SC(C)C(=O)N2CCN(C)C)c1. The normalized spacial score (nSPS) is 23.4. The van der Waals surface area contributed by atoms with Gasteiger partial charge in [-0.15, -0.1) is 11.8 Å². The minimum absolute atomic E-state index is 0.0627. The molecule has 104 valence electrons. The number of amides is 1. The Morgan fingerprint density at radius 1 is 1.37 bits per heavy atom. The number of thioether (sulfide) groups is 1. The largest absolute Gasteiger partial charge is 0.324 e. The van der Waals surface area contributed by atoms with Crippen LogP contribution < -0.4 is 0 Å². The number of rotatable bonds is 4. The van der Waals surface area contributed by atoms with E-state index in [4.69, 9.17) is 0 Å². The van der Waals surface area contributed by atoms with E-state index in [1.54, 1.807) is 11.8 Å². The molecule has 0 radical (unpaired) electrons. The van der Waals surface area contributed by atoms with Crippen LogP contribution in [0, 0.1) is 6.92 Å². The van der Waals surface area contributed by atoms with E-state index in [-0.39, 0.29) is 16.5 Å². The summed E-state index contributed by atoms with van der Waals surface area (Å²) in [5, 5.41) is 0.232. The van der Waals surface area contributed by atoms with Gasteiger partial charge < -0.3 is 9.80 Å². The van der Waals surface area contributed by atoms with Gasteiger partial charge in [0.15, 0.2) is 0 Å². The summed E-state index contributed by atoms with van der Waals surface area (Å²) in [6.45, 7) is 5.80. The van der Waals surface area contributed by atoms with E-state index in [1.165, 1.54) is 11.1 Å². The maximum absolute atomic E-state index is 12.3. The molecule has 1 amide bonds. The highest BCUT2D eigenvalue weighted by atomic mass is 32.2. The molecule has 0 aliphatic carbocycles. The van der Waals surface area contributed by atoms with Gasteiger partial charge in [0.2, 0.25) is 5.91 Å². The van der Waals surface area contributed by atoms with Crippen LogP contribution in [0.5, 0.6) is 0 Å². The fraction of sp³-hybridized carbons (Fsp3) is 0.533. The number of hydrogen-bond acceptors (Lipinski definition) is 3. The Morgan fingerprint density at radius 2 is 2.11 bits per heavy atom. The predicted molar refractivity (Wildman–Crippen MR) is 81.2 cm³/mol. The van der Waals surface area contributed by atoms with Crippen LogP contribution in [0.15, 0.2) is 24.3 Å². The first-order valence-corrected chi connectivity index (χ1v) is 7.60. The van der Waals surface area contributed by atoms with Crippen molar-refractivity contribution in [2.75, 3.05) is 27.2 Å². The van der Waals surface area contributed by atoms with Crippen molar-refractivity contribution in [3.63, 3.8) is 0 Å². The summed E-state index contributed by atoms with van der Waals surface area (Å²) in [4.78, 5) is 16.4. The van der Waals surface area contributed by atoms with Crippen LogP contribution in [-0.2, 0) is 4.79 Å². The lowest BCUT2D eigenvalue weighted by atomic mass is 10.1. The van der Waals surface area contributed by atoms with Gasteiger partial charge in [-0.1, -0.05) is 29.8 Å². The highest BCUT2D eigenvalue weighted by Crippen LogP contribution is 2.42. The monoisotopic (exact) mass is 278 g/mol. The van der Waals surface area contributed by atoms with Crippen LogP contribution in [0.3, 0.4) is 0 Å². The molecular formula is C15H22N2OS. The average molecular weight is 278 g/mol. The summed E-state index contributed by atoms with van der Waals surface area (Å²) >= 11 is 1.75. The van der Waals surface area contributed by atoms with Crippen LogP contribution in [0.2, 0.25) is 0 Å². The zero-order valence-electron chi connectivity index (χ0n) is 12.1. The number of carbonyl (C=O) groups excluding carboxylic acids is 1. The second-order valence-electron chi connectivity index (χ2n) is 5.38. The number of carbonyl (C=O) groups is 1.